The van der Waals surface area contributed by atoms with E-state index in [9.17, 15) is 9.18 Å². The maximum atomic E-state index is 13.1. The summed E-state index contributed by atoms with van der Waals surface area (Å²) in [6.45, 7) is 4.02. The van der Waals surface area contributed by atoms with Crippen molar-refractivity contribution in [3.8, 4) is 0 Å². The summed E-state index contributed by atoms with van der Waals surface area (Å²) in [5.74, 6) is -0.700. The van der Waals surface area contributed by atoms with E-state index >= 15 is 0 Å². The second kappa shape index (κ2) is 6.14. The fraction of sp³-hybridized carbons (Fsp3) is 0.188. The number of anilines is 1. The highest BCUT2D eigenvalue weighted by atomic mass is 35.5. The third-order valence-electron chi connectivity index (χ3n) is 3.29. The Morgan fingerprint density at radius 2 is 1.95 bits per heavy atom. The van der Waals surface area contributed by atoms with Crippen LogP contribution in [-0.2, 0) is 6.54 Å². The topological polar surface area (TPSA) is 55.1 Å². The van der Waals surface area contributed by atoms with E-state index in [4.69, 9.17) is 17.3 Å². The molecule has 0 saturated carbocycles. The van der Waals surface area contributed by atoms with Gasteiger partial charge in [0.2, 0.25) is 0 Å². The Morgan fingerprint density at radius 1 is 1.24 bits per heavy atom. The van der Waals surface area contributed by atoms with Gasteiger partial charge in [-0.1, -0.05) is 23.7 Å². The second-order valence-corrected chi connectivity index (χ2v) is 5.36. The highest BCUT2D eigenvalue weighted by Crippen LogP contribution is 2.19. The zero-order valence-corrected chi connectivity index (χ0v) is 12.6. The number of carbonyl (C=O) groups is 1. The SMILES string of the molecule is Cc1cc(C)c(C(=O)NCc2ccc(F)c(Cl)c2)cc1N. The van der Waals surface area contributed by atoms with Gasteiger partial charge in [0.05, 0.1) is 5.02 Å². The number of benzene rings is 2. The molecule has 0 aliphatic rings. The summed E-state index contributed by atoms with van der Waals surface area (Å²) >= 11 is 5.71. The minimum atomic E-state index is -0.478. The molecule has 5 heteroatoms. The summed E-state index contributed by atoms with van der Waals surface area (Å²) in [6, 6.07) is 7.89. The maximum absolute atomic E-state index is 13.1. The van der Waals surface area contributed by atoms with Crippen LogP contribution in [0.3, 0.4) is 0 Å². The quantitative estimate of drug-likeness (QED) is 0.851. The van der Waals surface area contributed by atoms with Crippen molar-refractivity contribution in [2.45, 2.75) is 20.4 Å². The Balaban J connectivity index is 2.11. The van der Waals surface area contributed by atoms with E-state index in [1.807, 2.05) is 19.9 Å². The molecule has 0 aliphatic heterocycles. The summed E-state index contributed by atoms with van der Waals surface area (Å²) in [7, 11) is 0. The molecule has 21 heavy (non-hydrogen) atoms. The zero-order valence-electron chi connectivity index (χ0n) is 11.8. The highest BCUT2D eigenvalue weighted by Gasteiger charge is 2.11. The monoisotopic (exact) mass is 306 g/mol. The summed E-state index contributed by atoms with van der Waals surface area (Å²) < 4.78 is 13.1. The molecule has 0 heterocycles. The first-order valence-electron chi connectivity index (χ1n) is 6.47. The largest absolute Gasteiger partial charge is 0.398 e. The van der Waals surface area contributed by atoms with Crippen molar-refractivity contribution < 1.29 is 9.18 Å². The van der Waals surface area contributed by atoms with Crippen molar-refractivity contribution >= 4 is 23.2 Å². The number of halogens is 2. The molecule has 0 fully saturated rings. The van der Waals surface area contributed by atoms with E-state index in [-0.39, 0.29) is 17.5 Å². The third kappa shape index (κ3) is 3.52. The number of amides is 1. The van der Waals surface area contributed by atoms with Crippen molar-refractivity contribution in [1.82, 2.24) is 5.32 Å². The fourth-order valence-electron chi connectivity index (χ4n) is 2.04. The Hall–Kier alpha value is -2.07. The van der Waals surface area contributed by atoms with E-state index in [0.29, 0.717) is 11.3 Å². The maximum Gasteiger partial charge on any atom is 0.251 e. The Bertz CT molecular complexity index is 701. The number of nitrogens with one attached hydrogen (secondary N) is 1. The van der Waals surface area contributed by atoms with Gasteiger partial charge in [-0.15, -0.1) is 0 Å². The van der Waals surface area contributed by atoms with Gasteiger partial charge in [0, 0.05) is 17.8 Å². The Kier molecular flexibility index (Phi) is 4.48. The molecule has 110 valence electrons. The summed E-state index contributed by atoms with van der Waals surface area (Å²) in [5.41, 5.74) is 9.47. The van der Waals surface area contributed by atoms with Crippen molar-refractivity contribution in [1.29, 1.82) is 0 Å². The number of nitrogens with two attached hydrogens (primary N) is 1. The lowest BCUT2D eigenvalue weighted by atomic mass is 10.0. The van der Waals surface area contributed by atoms with Gasteiger partial charge in [-0.2, -0.15) is 0 Å². The molecule has 3 N–H and O–H groups in total. The number of hydrogen-bond acceptors (Lipinski definition) is 2. The third-order valence-corrected chi connectivity index (χ3v) is 3.58. The average Bonchev–Trinajstić information content (AvgIpc) is 2.44. The van der Waals surface area contributed by atoms with Crippen LogP contribution in [0.25, 0.3) is 0 Å². The van der Waals surface area contributed by atoms with E-state index in [2.05, 4.69) is 5.32 Å². The molecule has 0 saturated heterocycles. The number of aryl methyl sites for hydroxylation is 2. The van der Waals surface area contributed by atoms with Gasteiger partial charge in [0.1, 0.15) is 5.82 Å². The highest BCUT2D eigenvalue weighted by molar-refractivity contribution is 6.30. The average molecular weight is 307 g/mol. The van der Waals surface area contributed by atoms with Crippen LogP contribution in [0.2, 0.25) is 5.02 Å². The molecule has 2 aromatic carbocycles. The lowest BCUT2D eigenvalue weighted by Crippen LogP contribution is -2.24. The molecule has 1 amide bonds. The Morgan fingerprint density at radius 3 is 2.62 bits per heavy atom. The van der Waals surface area contributed by atoms with Gasteiger partial charge < -0.3 is 11.1 Å². The molecule has 3 nitrogen and oxygen atoms in total. The van der Waals surface area contributed by atoms with Crippen molar-refractivity contribution in [3.63, 3.8) is 0 Å². The number of nitrogen functional groups attached to an aromatic ring is 1. The van der Waals surface area contributed by atoms with Crippen molar-refractivity contribution in [2.24, 2.45) is 0 Å². The molecule has 2 aromatic rings. The van der Waals surface area contributed by atoms with E-state index in [0.717, 1.165) is 16.7 Å². The molecule has 0 atom stereocenters. The van der Waals surface area contributed by atoms with E-state index < -0.39 is 5.82 Å². The fourth-order valence-corrected chi connectivity index (χ4v) is 2.24. The van der Waals surface area contributed by atoms with Crippen molar-refractivity contribution in [2.75, 3.05) is 5.73 Å². The van der Waals surface area contributed by atoms with E-state index in [1.165, 1.54) is 12.1 Å². The van der Waals surface area contributed by atoms with Crippen LogP contribution < -0.4 is 11.1 Å². The molecule has 0 spiro atoms. The standard InChI is InChI=1S/C16H16ClFN2O/c1-9-5-10(2)15(19)7-12(9)16(21)20-8-11-3-4-14(18)13(17)6-11/h3-7H,8,19H2,1-2H3,(H,20,21). The number of rotatable bonds is 3. The number of hydrogen-bond donors (Lipinski definition) is 2. The minimum Gasteiger partial charge on any atom is -0.398 e. The van der Waals surface area contributed by atoms with Crippen molar-refractivity contribution in [3.05, 3.63) is 63.4 Å². The van der Waals surface area contributed by atoms with Crippen LogP contribution in [0.5, 0.6) is 0 Å². The normalized spacial score (nSPS) is 10.5. The van der Waals surface area contributed by atoms with Crippen LogP contribution in [0, 0.1) is 19.7 Å². The first-order chi connectivity index (χ1) is 9.88. The van der Waals surface area contributed by atoms with Crippen LogP contribution in [0.15, 0.2) is 30.3 Å². The minimum absolute atomic E-state index is 0.0394. The van der Waals surface area contributed by atoms with Gasteiger partial charge >= 0.3 is 0 Å². The summed E-state index contributed by atoms with van der Waals surface area (Å²) in [6.07, 6.45) is 0. The summed E-state index contributed by atoms with van der Waals surface area (Å²) in [5, 5.41) is 2.81. The first-order valence-corrected chi connectivity index (χ1v) is 6.85. The lowest BCUT2D eigenvalue weighted by molar-refractivity contribution is 0.0950. The molecule has 0 unspecified atom stereocenters. The van der Waals surface area contributed by atoms with Gasteiger partial charge in [0.25, 0.3) is 5.91 Å². The van der Waals surface area contributed by atoms with Gasteiger partial charge in [0.15, 0.2) is 0 Å². The zero-order chi connectivity index (χ0) is 15.6. The molecule has 0 aromatic heterocycles. The predicted molar refractivity (Wildman–Crippen MR) is 82.9 cm³/mol. The van der Waals surface area contributed by atoms with Crippen LogP contribution in [0.1, 0.15) is 27.0 Å². The molecular weight excluding hydrogens is 291 g/mol. The molecule has 2 rings (SSSR count). The van der Waals surface area contributed by atoms with E-state index in [1.54, 1.807) is 12.1 Å². The Labute approximate surface area is 127 Å². The van der Waals surface area contributed by atoms with Crippen LogP contribution >= 0.6 is 11.6 Å². The van der Waals surface area contributed by atoms with Crippen LogP contribution in [0.4, 0.5) is 10.1 Å². The van der Waals surface area contributed by atoms with Crippen LogP contribution in [-0.4, -0.2) is 5.91 Å². The number of carbonyl (C=O) groups excluding carboxylic acids is 1. The first kappa shape index (κ1) is 15.3. The smallest absolute Gasteiger partial charge is 0.251 e. The molecular formula is C16H16ClFN2O. The van der Waals surface area contributed by atoms with Gasteiger partial charge in [-0.3, -0.25) is 4.79 Å². The predicted octanol–water partition coefficient (Wildman–Crippen LogP) is 3.61. The molecule has 0 bridgehead atoms. The van der Waals surface area contributed by atoms with Gasteiger partial charge in [-0.25, -0.2) is 4.39 Å². The molecule has 0 radical (unpaired) electrons. The summed E-state index contributed by atoms with van der Waals surface area (Å²) in [4.78, 5) is 12.2. The molecule has 0 aliphatic carbocycles. The van der Waals surface area contributed by atoms with Gasteiger partial charge in [-0.05, 0) is 48.7 Å². The lowest BCUT2D eigenvalue weighted by Gasteiger charge is -2.10. The second-order valence-electron chi connectivity index (χ2n) is 4.95.